The number of nitrogens with one attached hydrogen (secondary N) is 1. The highest BCUT2D eigenvalue weighted by Crippen LogP contribution is 2.17. The smallest absolute Gasteiger partial charge is 0.0270 e. The normalized spacial score (nSPS) is 13.0. The zero-order chi connectivity index (χ0) is 11.8. The summed E-state index contributed by atoms with van der Waals surface area (Å²) < 4.78 is 0. The van der Waals surface area contributed by atoms with E-state index in [0.29, 0.717) is 12.0 Å². The minimum absolute atomic E-state index is 0.420. The van der Waals surface area contributed by atoms with Crippen molar-refractivity contribution in [3.05, 3.63) is 30.1 Å². The van der Waals surface area contributed by atoms with Gasteiger partial charge in [0.15, 0.2) is 0 Å². The van der Waals surface area contributed by atoms with Gasteiger partial charge in [-0.05, 0) is 36.5 Å². The first kappa shape index (κ1) is 13.1. The lowest BCUT2D eigenvalue weighted by atomic mass is 9.90. The Hall–Kier alpha value is -0.930. The number of hydrazine groups is 1. The third kappa shape index (κ3) is 3.91. The zero-order valence-electron chi connectivity index (χ0n) is 10.3. The van der Waals surface area contributed by atoms with Crippen LogP contribution in [-0.2, 0) is 6.42 Å². The van der Waals surface area contributed by atoms with E-state index >= 15 is 0 Å². The average Bonchev–Trinajstić information content (AvgIpc) is 2.35. The summed E-state index contributed by atoms with van der Waals surface area (Å²) in [4.78, 5) is 4.02. The third-order valence-corrected chi connectivity index (χ3v) is 3.33. The summed E-state index contributed by atoms with van der Waals surface area (Å²) in [6.07, 6.45) is 8.21. The molecule has 0 spiro atoms. The van der Waals surface area contributed by atoms with Crippen molar-refractivity contribution in [2.45, 2.75) is 45.6 Å². The SMILES string of the molecule is CCC(CC)C(CCc1ccncc1)NN. The zero-order valence-corrected chi connectivity index (χ0v) is 10.3. The quantitative estimate of drug-likeness (QED) is 0.548. The molecule has 3 nitrogen and oxygen atoms in total. The molecule has 90 valence electrons. The average molecular weight is 221 g/mol. The fraction of sp³-hybridized carbons (Fsp3) is 0.615. The summed E-state index contributed by atoms with van der Waals surface area (Å²) in [5, 5.41) is 0. The predicted octanol–water partition coefficient (Wildman–Crippen LogP) is 2.28. The van der Waals surface area contributed by atoms with Gasteiger partial charge in [0.25, 0.3) is 0 Å². The van der Waals surface area contributed by atoms with E-state index in [1.165, 1.54) is 18.4 Å². The molecule has 0 fully saturated rings. The molecule has 3 N–H and O–H groups in total. The molecule has 1 unspecified atom stereocenters. The van der Waals surface area contributed by atoms with E-state index in [0.717, 1.165) is 12.8 Å². The van der Waals surface area contributed by atoms with Gasteiger partial charge in [-0.1, -0.05) is 26.7 Å². The molecule has 16 heavy (non-hydrogen) atoms. The summed E-state index contributed by atoms with van der Waals surface area (Å²) in [5.41, 5.74) is 4.29. The van der Waals surface area contributed by atoms with Gasteiger partial charge in [0.05, 0.1) is 0 Å². The van der Waals surface area contributed by atoms with Crippen LogP contribution in [0.4, 0.5) is 0 Å². The number of nitrogens with zero attached hydrogens (tertiary/aromatic N) is 1. The fourth-order valence-electron chi connectivity index (χ4n) is 2.18. The number of rotatable bonds is 7. The van der Waals surface area contributed by atoms with Gasteiger partial charge in [0.1, 0.15) is 0 Å². The van der Waals surface area contributed by atoms with Gasteiger partial charge < -0.3 is 0 Å². The Morgan fingerprint density at radius 2 is 1.88 bits per heavy atom. The first-order valence-corrected chi connectivity index (χ1v) is 6.16. The molecular weight excluding hydrogens is 198 g/mol. The Morgan fingerprint density at radius 1 is 1.25 bits per heavy atom. The molecule has 0 aromatic carbocycles. The van der Waals surface area contributed by atoms with Gasteiger partial charge in [-0.3, -0.25) is 16.3 Å². The molecule has 0 amide bonds. The number of aromatic nitrogens is 1. The molecule has 0 saturated heterocycles. The van der Waals surface area contributed by atoms with Crippen LogP contribution in [0.2, 0.25) is 0 Å². The second-order valence-corrected chi connectivity index (χ2v) is 4.24. The summed E-state index contributed by atoms with van der Waals surface area (Å²) >= 11 is 0. The lowest BCUT2D eigenvalue weighted by Gasteiger charge is -2.24. The Morgan fingerprint density at radius 3 is 2.38 bits per heavy atom. The van der Waals surface area contributed by atoms with E-state index in [4.69, 9.17) is 5.84 Å². The van der Waals surface area contributed by atoms with Crippen molar-refractivity contribution in [3.8, 4) is 0 Å². The maximum Gasteiger partial charge on any atom is 0.0270 e. The number of hydrogen-bond donors (Lipinski definition) is 2. The molecule has 0 aliphatic heterocycles. The molecule has 1 atom stereocenters. The van der Waals surface area contributed by atoms with Crippen molar-refractivity contribution >= 4 is 0 Å². The maximum atomic E-state index is 5.63. The first-order valence-electron chi connectivity index (χ1n) is 6.16. The topological polar surface area (TPSA) is 50.9 Å². The van der Waals surface area contributed by atoms with Crippen LogP contribution in [0.3, 0.4) is 0 Å². The second-order valence-electron chi connectivity index (χ2n) is 4.24. The third-order valence-electron chi connectivity index (χ3n) is 3.33. The lowest BCUT2D eigenvalue weighted by molar-refractivity contribution is 0.321. The van der Waals surface area contributed by atoms with Crippen molar-refractivity contribution in [3.63, 3.8) is 0 Å². The summed E-state index contributed by atoms with van der Waals surface area (Å²) in [6, 6.07) is 4.56. The molecule has 0 saturated carbocycles. The van der Waals surface area contributed by atoms with Crippen LogP contribution in [0, 0.1) is 5.92 Å². The summed E-state index contributed by atoms with van der Waals surface area (Å²) in [5.74, 6) is 6.30. The predicted molar refractivity (Wildman–Crippen MR) is 67.7 cm³/mol. The molecule has 0 aliphatic rings. The number of nitrogens with two attached hydrogens (primary N) is 1. The van der Waals surface area contributed by atoms with Crippen LogP contribution in [0.25, 0.3) is 0 Å². The van der Waals surface area contributed by atoms with Crippen molar-refractivity contribution in [1.82, 2.24) is 10.4 Å². The Kier molecular flexibility index (Phi) is 6.04. The first-order chi connectivity index (χ1) is 7.81. The van der Waals surface area contributed by atoms with Crippen LogP contribution in [0.1, 0.15) is 38.7 Å². The van der Waals surface area contributed by atoms with Crippen LogP contribution in [0.5, 0.6) is 0 Å². The van der Waals surface area contributed by atoms with Gasteiger partial charge in [0, 0.05) is 18.4 Å². The van der Waals surface area contributed by atoms with E-state index in [9.17, 15) is 0 Å². The van der Waals surface area contributed by atoms with Crippen molar-refractivity contribution in [2.24, 2.45) is 11.8 Å². The van der Waals surface area contributed by atoms with Gasteiger partial charge in [-0.15, -0.1) is 0 Å². The van der Waals surface area contributed by atoms with Crippen molar-refractivity contribution in [1.29, 1.82) is 0 Å². The number of pyridine rings is 1. The van der Waals surface area contributed by atoms with Crippen molar-refractivity contribution in [2.75, 3.05) is 0 Å². The monoisotopic (exact) mass is 221 g/mol. The van der Waals surface area contributed by atoms with Crippen LogP contribution in [-0.4, -0.2) is 11.0 Å². The van der Waals surface area contributed by atoms with E-state index in [1.807, 2.05) is 12.4 Å². The molecular formula is C13H23N3. The Bertz CT molecular complexity index is 270. The Balaban J connectivity index is 2.45. The number of aryl methyl sites for hydroxylation is 1. The lowest BCUT2D eigenvalue weighted by Crippen LogP contribution is -2.40. The van der Waals surface area contributed by atoms with E-state index in [-0.39, 0.29) is 0 Å². The van der Waals surface area contributed by atoms with Crippen LogP contribution in [0.15, 0.2) is 24.5 Å². The van der Waals surface area contributed by atoms with Gasteiger partial charge >= 0.3 is 0 Å². The summed E-state index contributed by atoms with van der Waals surface area (Å²) in [7, 11) is 0. The molecule has 0 radical (unpaired) electrons. The highest BCUT2D eigenvalue weighted by atomic mass is 15.2. The van der Waals surface area contributed by atoms with Crippen molar-refractivity contribution < 1.29 is 0 Å². The highest BCUT2D eigenvalue weighted by Gasteiger charge is 2.16. The number of hydrogen-bond acceptors (Lipinski definition) is 3. The van der Waals surface area contributed by atoms with Gasteiger partial charge in [0.2, 0.25) is 0 Å². The van der Waals surface area contributed by atoms with Gasteiger partial charge in [-0.2, -0.15) is 0 Å². The fourth-order valence-corrected chi connectivity index (χ4v) is 2.18. The van der Waals surface area contributed by atoms with E-state index in [2.05, 4.69) is 36.4 Å². The minimum Gasteiger partial charge on any atom is -0.271 e. The molecule has 1 heterocycles. The maximum absolute atomic E-state index is 5.63. The largest absolute Gasteiger partial charge is 0.271 e. The van der Waals surface area contributed by atoms with Crippen LogP contribution < -0.4 is 11.3 Å². The standard InChI is InChI=1S/C13H23N3/c1-3-12(4-2)13(16-14)6-5-11-7-9-15-10-8-11/h7-10,12-13,16H,3-6,14H2,1-2H3. The van der Waals surface area contributed by atoms with E-state index in [1.54, 1.807) is 0 Å². The van der Waals surface area contributed by atoms with Crippen LogP contribution >= 0.6 is 0 Å². The molecule has 0 bridgehead atoms. The molecule has 0 aliphatic carbocycles. The molecule has 1 aromatic rings. The van der Waals surface area contributed by atoms with Gasteiger partial charge in [-0.25, -0.2) is 0 Å². The van der Waals surface area contributed by atoms with E-state index < -0.39 is 0 Å². The highest BCUT2D eigenvalue weighted by molar-refractivity contribution is 5.09. The molecule has 3 heteroatoms. The molecule has 1 rings (SSSR count). The minimum atomic E-state index is 0.420. The summed E-state index contributed by atoms with van der Waals surface area (Å²) in [6.45, 7) is 4.45. The molecule has 1 aromatic heterocycles. The second kappa shape index (κ2) is 7.36. The Labute approximate surface area is 98.4 Å².